The number of rotatable bonds is 8. The second kappa shape index (κ2) is 15.3. The third-order valence-corrected chi connectivity index (χ3v) is 4.53. The van der Waals surface area contributed by atoms with Crippen LogP contribution in [0, 0.1) is 0 Å². The maximum Gasteiger partial charge on any atom is 2.00 e. The first-order valence-corrected chi connectivity index (χ1v) is 9.38. The van der Waals surface area contributed by atoms with Crippen LogP contribution in [0.2, 0.25) is 0 Å². The van der Waals surface area contributed by atoms with Crippen molar-refractivity contribution in [3.63, 3.8) is 0 Å². The summed E-state index contributed by atoms with van der Waals surface area (Å²) in [7, 11) is 0. The fourth-order valence-electron chi connectivity index (χ4n) is 3.18. The number of aliphatic hydroxyl groups excluding tert-OH is 1. The monoisotopic (exact) mass is 444 g/mol. The standard InChI is InChI=1S/C17H32N4O7.Ca/c1-14(22)10-18-2-4-19(11-15(23)24)6-8-21(13-17(27)28)9-7-20(5-3-18)12-16(25)26;/h14,22H,2-13H2,1H3,(H,23,24)(H,25,26)(H,27,28);/q;+2. The topological polar surface area (TPSA) is 145 Å². The zero-order valence-electron chi connectivity index (χ0n) is 17.1. The van der Waals surface area contributed by atoms with Gasteiger partial charge in [-0.05, 0) is 6.92 Å². The predicted octanol–water partition coefficient (Wildman–Crippen LogP) is -2.54. The molecule has 11 nitrogen and oxygen atoms in total. The number of β-amino-alcohol motifs (C(OH)–C–C–N with tert-alkyl or cyclic N) is 1. The van der Waals surface area contributed by atoms with Gasteiger partial charge in [0.2, 0.25) is 0 Å². The Kier molecular flexibility index (Phi) is 15.0. The van der Waals surface area contributed by atoms with Crippen molar-refractivity contribution in [3.8, 4) is 0 Å². The second-order valence-corrected chi connectivity index (χ2v) is 7.16. The number of aliphatic hydroxyl groups is 1. The molecule has 29 heavy (non-hydrogen) atoms. The molecule has 0 aromatic rings. The molecule has 1 aliphatic heterocycles. The molecule has 1 atom stereocenters. The third kappa shape index (κ3) is 14.2. The zero-order valence-corrected chi connectivity index (χ0v) is 19.3. The van der Waals surface area contributed by atoms with Crippen LogP contribution in [-0.4, -0.2) is 180 Å². The van der Waals surface area contributed by atoms with Gasteiger partial charge in [0.1, 0.15) is 0 Å². The van der Waals surface area contributed by atoms with Gasteiger partial charge in [-0.3, -0.25) is 34.0 Å². The van der Waals surface area contributed by atoms with Crippen molar-refractivity contribution in [2.45, 2.75) is 13.0 Å². The van der Waals surface area contributed by atoms with Crippen molar-refractivity contribution in [1.82, 2.24) is 19.6 Å². The summed E-state index contributed by atoms with van der Waals surface area (Å²) in [5, 5.41) is 37.1. The molecule has 1 fully saturated rings. The van der Waals surface area contributed by atoms with Gasteiger partial charge in [0, 0.05) is 58.9 Å². The summed E-state index contributed by atoms with van der Waals surface area (Å²) in [6.07, 6.45) is -0.556. The first-order valence-electron chi connectivity index (χ1n) is 9.38. The van der Waals surface area contributed by atoms with Gasteiger partial charge < -0.3 is 20.4 Å². The molecule has 0 saturated carbocycles. The SMILES string of the molecule is CC(O)CN1CCN(CC(=O)O)CCN(CC(=O)O)CCN(CC(=O)O)CC1.[Ca+2]. The van der Waals surface area contributed by atoms with E-state index in [1.165, 1.54) is 0 Å². The molecule has 0 radical (unpaired) electrons. The van der Waals surface area contributed by atoms with Crippen molar-refractivity contribution >= 4 is 55.6 Å². The number of carboxylic acid groups (broad SMARTS) is 3. The first kappa shape index (κ1) is 28.5. The van der Waals surface area contributed by atoms with Crippen LogP contribution in [0.4, 0.5) is 0 Å². The van der Waals surface area contributed by atoms with Crippen molar-refractivity contribution in [2.75, 3.05) is 78.5 Å². The van der Waals surface area contributed by atoms with Gasteiger partial charge in [0.05, 0.1) is 25.7 Å². The van der Waals surface area contributed by atoms with Crippen LogP contribution in [0.3, 0.4) is 0 Å². The predicted molar refractivity (Wildman–Crippen MR) is 106 cm³/mol. The molecule has 1 unspecified atom stereocenters. The summed E-state index contributed by atoms with van der Waals surface area (Å²) in [6, 6.07) is 0. The number of carboxylic acids is 3. The molecule has 1 rings (SSSR count). The molecular formula is C17H32CaN4O7+2. The molecule has 0 spiro atoms. The van der Waals surface area contributed by atoms with E-state index < -0.39 is 24.0 Å². The van der Waals surface area contributed by atoms with Crippen LogP contribution in [0.15, 0.2) is 0 Å². The van der Waals surface area contributed by atoms with Gasteiger partial charge in [-0.1, -0.05) is 0 Å². The van der Waals surface area contributed by atoms with E-state index in [4.69, 9.17) is 15.3 Å². The van der Waals surface area contributed by atoms with Crippen molar-refractivity contribution in [3.05, 3.63) is 0 Å². The quantitative estimate of drug-likeness (QED) is 0.294. The largest absolute Gasteiger partial charge is 2.00 e. The second-order valence-electron chi connectivity index (χ2n) is 7.16. The molecule has 12 heteroatoms. The Balaban J connectivity index is 0.00000784. The van der Waals surface area contributed by atoms with Crippen molar-refractivity contribution in [2.24, 2.45) is 0 Å². The van der Waals surface area contributed by atoms with Gasteiger partial charge in [-0.25, -0.2) is 0 Å². The van der Waals surface area contributed by atoms with Crippen LogP contribution in [0.1, 0.15) is 6.92 Å². The average Bonchev–Trinajstić information content (AvgIpc) is 2.55. The van der Waals surface area contributed by atoms with E-state index in [1.54, 1.807) is 21.6 Å². The fourth-order valence-corrected chi connectivity index (χ4v) is 3.18. The first-order chi connectivity index (χ1) is 13.2. The van der Waals surface area contributed by atoms with E-state index in [0.29, 0.717) is 58.9 Å². The van der Waals surface area contributed by atoms with Crippen molar-refractivity contribution in [1.29, 1.82) is 0 Å². The molecular weight excluding hydrogens is 412 g/mol. The molecule has 4 N–H and O–H groups in total. The van der Waals surface area contributed by atoms with Gasteiger partial charge in [0.15, 0.2) is 0 Å². The maximum absolute atomic E-state index is 11.1. The number of hydrogen-bond donors (Lipinski definition) is 4. The number of aliphatic carboxylic acids is 3. The third-order valence-electron chi connectivity index (χ3n) is 4.53. The van der Waals surface area contributed by atoms with E-state index in [-0.39, 0.29) is 57.4 Å². The minimum absolute atomic E-state index is 0. The van der Waals surface area contributed by atoms with Crippen LogP contribution >= 0.6 is 0 Å². The minimum Gasteiger partial charge on any atom is -0.480 e. The molecule has 1 aliphatic rings. The van der Waals surface area contributed by atoms with Gasteiger partial charge in [-0.15, -0.1) is 0 Å². The summed E-state index contributed by atoms with van der Waals surface area (Å²) in [6.45, 7) is 5.10. The average molecular weight is 445 g/mol. The molecule has 1 heterocycles. The maximum atomic E-state index is 11.1. The molecule has 162 valence electrons. The van der Waals surface area contributed by atoms with Crippen molar-refractivity contribution < 1.29 is 34.8 Å². The van der Waals surface area contributed by atoms with Gasteiger partial charge in [0.25, 0.3) is 0 Å². The molecule has 0 aromatic heterocycles. The molecule has 0 aromatic carbocycles. The molecule has 0 amide bonds. The van der Waals surface area contributed by atoms with Crippen LogP contribution in [0.5, 0.6) is 0 Å². The van der Waals surface area contributed by atoms with Gasteiger partial charge >= 0.3 is 55.6 Å². The molecule has 1 saturated heterocycles. The Bertz CT molecular complexity index is 492. The summed E-state index contributed by atoms with van der Waals surface area (Å²) in [5.41, 5.74) is 0. The summed E-state index contributed by atoms with van der Waals surface area (Å²) >= 11 is 0. The Morgan fingerprint density at radius 3 is 1.10 bits per heavy atom. The smallest absolute Gasteiger partial charge is 0.480 e. The Labute approximate surface area is 200 Å². The van der Waals surface area contributed by atoms with E-state index >= 15 is 0 Å². The fraction of sp³-hybridized carbons (Fsp3) is 0.824. The summed E-state index contributed by atoms with van der Waals surface area (Å²) in [4.78, 5) is 40.6. The Morgan fingerprint density at radius 2 is 0.897 bits per heavy atom. The number of nitrogens with zero attached hydrogens (tertiary/aromatic N) is 4. The number of hydrogen-bond acceptors (Lipinski definition) is 8. The molecule has 0 bridgehead atoms. The van der Waals surface area contributed by atoms with Crippen LogP contribution < -0.4 is 0 Å². The Morgan fingerprint density at radius 1 is 0.655 bits per heavy atom. The van der Waals surface area contributed by atoms with Crippen LogP contribution in [0.25, 0.3) is 0 Å². The number of carbonyl (C=O) groups is 3. The normalized spacial score (nSPS) is 20.1. The van der Waals surface area contributed by atoms with E-state index in [0.717, 1.165) is 0 Å². The minimum atomic E-state index is -0.982. The Hall–Kier alpha value is -0.530. The summed E-state index contributed by atoms with van der Waals surface area (Å²) < 4.78 is 0. The molecule has 0 aliphatic carbocycles. The van der Waals surface area contributed by atoms with E-state index in [2.05, 4.69) is 0 Å². The van der Waals surface area contributed by atoms with Crippen LogP contribution in [-0.2, 0) is 14.4 Å². The van der Waals surface area contributed by atoms with E-state index in [1.807, 2.05) is 4.90 Å². The summed E-state index contributed by atoms with van der Waals surface area (Å²) in [5.74, 6) is -2.89. The van der Waals surface area contributed by atoms with Gasteiger partial charge in [-0.2, -0.15) is 0 Å². The van der Waals surface area contributed by atoms with E-state index in [9.17, 15) is 19.5 Å². The zero-order chi connectivity index (χ0) is 21.1.